The summed E-state index contributed by atoms with van der Waals surface area (Å²) < 4.78 is 15.0. The van der Waals surface area contributed by atoms with Gasteiger partial charge in [0.2, 0.25) is 0 Å². The molecule has 2 saturated carbocycles. The number of allylic oxidation sites excluding steroid dienone is 1. The van der Waals surface area contributed by atoms with Crippen molar-refractivity contribution in [2.45, 2.75) is 32.6 Å². The topological polar surface area (TPSA) is 105 Å². The molecule has 160 valence electrons. The van der Waals surface area contributed by atoms with E-state index in [1.807, 2.05) is 13.0 Å². The van der Waals surface area contributed by atoms with Gasteiger partial charge in [-0.1, -0.05) is 5.57 Å². The zero-order valence-electron chi connectivity index (χ0n) is 17.7. The SMILES string of the molecule is Cc1ccncc1-c1cc2cc(NC(=O)C(=C3CC(C#N)C3)C3CC3)ncc2c(N)c1F. The molecule has 1 aromatic carbocycles. The van der Waals surface area contributed by atoms with Crippen LogP contribution < -0.4 is 11.1 Å². The van der Waals surface area contributed by atoms with Gasteiger partial charge in [0.1, 0.15) is 5.82 Å². The number of nitrogens with zero attached hydrogens (tertiary/aromatic N) is 3. The third-order valence-corrected chi connectivity index (χ3v) is 6.35. The molecule has 3 aromatic rings. The fraction of sp³-hybridized carbons (Fsp3) is 0.280. The molecule has 0 spiro atoms. The maximum absolute atomic E-state index is 15.0. The van der Waals surface area contributed by atoms with E-state index in [1.54, 1.807) is 24.5 Å². The minimum atomic E-state index is -0.509. The van der Waals surface area contributed by atoms with Crippen LogP contribution in [0.15, 0.2) is 47.9 Å². The Morgan fingerprint density at radius 3 is 2.72 bits per heavy atom. The van der Waals surface area contributed by atoms with Gasteiger partial charge in [-0.15, -0.1) is 0 Å². The van der Waals surface area contributed by atoms with Crippen LogP contribution in [0, 0.1) is 35.9 Å². The van der Waals surface area contributed by atoms with Gasteiger partial charge in [-0.2, -0.15) is 5.26 Å². The highest BCUT2D eigenvalue weighted by Crippen LogP contribution is 2.45. The molecule has 0 radical (unpaired) electrons. The molecule has 0 atom stereocenters. The lowest BCUT2D eigenvalue weighted by atomic mass is 9.77. The summed E-state index contributed by atoms with van der Waals surface area (Å²) >= 11 is 0. The molecule has 32 heavy (non-hydrogen) atoms. The molecule has 2 heterocycles. The maximum atomic E-state index is 15.0. The number of aromatic nitrogens is 2. The molecule has 0 aliphatic heterocycles. The van der Waals surface area contributed by atoms with E-state index in [1.165, 1.54) is 6.20 Å². The van der Waals surface area contributed by atoms with Crippen LogP contribution in [0.5, 0.6) is 0 Å². The van der Waals surface area contributed by atoms with Gasteiger partial charge in [0.05, 0.1) is 17.7 Å². The summed E-state index contributed by atoms with van der Waals surface area (Å²) in [4.78, 5) is 21.4. The fourth-order valence-electron chi connectivity index (χ4n) is 4.34. The van der Waals surface area contributed by atoms with E-state index in [0.29, 0.717) is 40.6 Å². The number of rotatable bonds is 4. The highest BCUT2D eigenvalue weighted by atomic mass is 19.1. The number of pyridine rings is 2. The summed E-state index contributed by atoms with van der Waals surface area (Å²) in [6.45, 7) is 1.89. The molecule has 0 saturated heterocycles. The van der Waals surface area contributed by atoms with Crippen LogP contribution >= 0.6 is 0 Å². The quantitative estimate of drug-likeness (QED) is 0.455. The van der Waals surface area contributed by atoms with Crippen molar-refractivity contribution in [3.8, 4) is 17.2 Å². The van der Waals surface area contributed by atoms with Crippen molar-refractivity contribution >= 4 is 28.2 Å². The largest absolute Gasteiger partial charge is 0.396 e. The molecular formula is C25H22FN5O. The Balaban J connectivity index is 1.49. The smallest absolute Gasteiger partial charge is 0.252 e. The number of amides is 1. The minimum absolute atomic E-state index is 0.0116. The number of halogens is 1. The number of aryl methyl sites for hydroxylation is 1. The molecule has 7 heteroatoms. The van der Waals surface area contributed by atoms with Crippen molar-refractivity contribution in [1.29, 1.82) is 5.26 Å². The average Bonchev–Trinajstić information content (AvgIpc) is 3.58. The number of benzene rings is 1. The normalized spacial score (nSPS) is 17.5. The Morgan fingerprint density at radius 1 is 1.25 bits per heavy atom. The number of nitriles is 1. The molecular weight excluding hydrogens is 405 g/mol. The number of hydrogen-bond donors (Lipinski definition) is 2. The van der Waals surface area contributed by atoms with Crippen molar-refractivity contribution in [3.05, 3.63) is 59.3 Å². The second kappa shape index (κ2) is 7.72. The first kappa shape index (κ1) is 20.1. The molecule has 2 aromatic heterocycles. The standard InChI is InChI=1S/C25H22FN5O/c1-13-4-5-29-11-19(13)18-8-16-9-21(30-12-20(16)24(28)23(18)26)31-25(32)22(15-2-3-15)17-6-14(7-17)10-27/h4-5,8-9,11-12,14-15H,2-3,6-7,28H2,1H3,(H,30,31,32). The number of fused-ring (bicyclic) bond motifs is 1. The van der Waals surface area contributed by atoms with Gasteiger partial charge in [0.15, 0.2) is 5.82 Å². The molecule has 5 rings (SSSR count). The first-order chi connectivity index (χ1) is 15.5. The lowest BCUT2D eigenvalue weighted by Gasteiger charge is -2.26. The molecule has 0 unspecified atom stereocenters. The van der Waals surface area contributed by atoms with Crippen LogP contribution in [0.2, 0.25) is 0 Å². The number of anilines is 2. The van der Waals surface area contributed by atoms with Gasteiger partial charge in [-0.25, -0.2) is 9.37 Å². The monoisotopic (exact) mass is 427 g/mol. The highest BCUT2D eigenvalue weighted by Gasteiger charge is 2.37. The number of nitrogens with two attached hydrogens (primary N) is 1. The molecule has 1 amide bonds. The van der Waals surface area contributed by atoms with Crippen LogP contribution in [0.4, 0.5) is 15.9 Å². The van der Waals surface area contributed by atoms with Crippen molar-refractivity contribution in [2.24, 2.45) is 11.8 Å². The van der Waals surface area contributed by atoms with E-state index in [-0.39, 0.29) is 23.4 Å². The number of hydrogen-bond acceptors (Lipinski definition) is 5. The second-order valence-corrected chi connectivity index (χ2v) is 8.61. The van der Waals surface area contributed by atoms with Crippen LogP contribution in [-0.4, -0.2) is 15.9 Å². The Hall–Kier alpha value is -3.79. The summed E-state index contributed by atoms with van der Waals surface area (Å²) in [7, 11) is 0. The number of nitrogen functional groups attached to an aromatic ring is 1. The molecule has 3 N–H and O–H groups in total. The molecule has 0 bridgehead atoms. The van der Waals surface area contributed by atoms with Gasteiger partial charge in [0, 0.05) is 40.7 Å². The van der Waals surface area contributed by atoms with Crippen molar-refractivity contribution in [1.82, 2.24) is 9.97 Å². The van der Waals surface area contributed by atoms with Crippen LogP contribution in [0.25, 0.3) is 21.9 Å². The molecule has 2 aliphatic carbocycles. The second-order valence-electron chi connectivity index (χ2n) is 8.61. The molecule has 2 fully saturated rings. The summed E-state index contributed by atoms with van der Waals surface area (Å²) in [5, 5.41) is 13.1. The van der Waals surface area contributed by atoms with Crippen LogP contribution in [-0.2, 0) is 4.79 Å². The van der Waals surface area contributed by atoms with Crippen molar-refractivity contribution in [2.75, 3.05) is 11.1 Å². The summed E-state index contributed by atoms with van der Waals surface area (Å²) in [5.41, 5.74) is 9.91. The van der Waals surface area contributed by atoms with E-state index >= 15 is 4.39 Å². The van der Waals surface area contributed by atoms with E-state index in [2.05, 4.69) is 21.4 Å². The predicted octanol–water partition coefficient (Wildman–Crippen LogP) is 4.91. The number of carbonyl (C=O) groups is 1. The van der Waals surface area contributed by atoms with Gasteiger partial charge < -0.3 is 11.1 Å². The summed E-state index contributed by atoms with van der Waals surface area (Å²) in [6.07, 6.45) is 8.10. The van der Waals surface area contributed by atoms with Crippen LogP contribution in [0.1, 0.15) is 31.2 Å². The molecule has 6 nitrogen and oxygen atoms in total. The first-order valence-corrected chi connectivity index (χ1v) is 10.7. The first-order valence-electron chi connectivity index (χ1n) is 10.7. The Labute approximate surface area is 185 Å². The van der Waals surface area contributed by atoms with E-state index < -0.39 is 5.82 Å². The number of carbonyl (C=O) groups excluding carboxylic acids is 1. The lowest BCUT2D eigenvalue weighted by molar-refractivity contribution is -0.113. The van der Waals surface area contributed by atoms with Crippen molar-refractivity contribution in [3.63, 3.8) is 0 Å². The van der Waals surface area contributed by atoms with Gasteiger partial charge >= 0.3 is 0 Å². The summed E-state index contributed by atoms with van der Waals surface area (Å²) in [6, 6.07) is 7.51. The third kappa shape index (κ3) is 3.48. The zero-order valence-corrected chi connectivity index (χ0v) is 17.7. The highest BCUT2D eigenvalue weighted by molar-refractivity contribution is 6.06. The Bertz CT molecular complexity index is 1330. The van der Waals surface area contributed by atoms with Gasteiger partial charge in [-0.3, -0.25) is 9.78 Å². The Morgan fingerprint density at radius 2 is 2.03 bits per heavy atom. The van der Waals surface area contributed by atoms with E-state index in [0.717, 1.165) is 29.6 Å². The van der Waals surface area contributed by atoms with Gasteiger partial charge in [0.25, 0.3) is 5.91 Å². The maximum Gasteiger partial charge on any atom is 0.252 e. The average molecular weight is 427 g/mol. The third-order valence-electron chi connectivity index (χ3n) is 6.35. The minimum Gasteiger partial charge on any atom is -0.396 e. The summed E-state index contributed by atoms with van der Waals surface area (Å²) in [5.74, 6) is -0.000962. The predicted molar refractivity (Wildman–Crippen MR) is 121 cm³/mol. The molecule has 2 aliphatic rings. The van der Waals surface area contributed by atoms with Gasteiger partial charge in [-0.05, 0) is 67.7 Å². The lowest BCUT2D eigenvalue weighted by Crippen LogP contribution is -2.23. The van der Waals surface area contributed by atoms with Crippen molar-refractivity contribution < 1.29 is 9.18 Å². The van der Waals surface area contributed by atoms with Crippen LogP contribution in [0.3, 0.4) is 0 Å². The van der Waals surface area contributed by atoms with E-state index in [4.69, 9.17) is 11.0 Å². The zero-order chi connectivity index (χ0) is 22.4. The van der Waals surface area contributed by atoms with E-state index in [9.17, 15) is 4.79 Å². The Kier molecular flexibility index (Phi) is 4.86. The number of nitrogens with one attached hydrogen (secondary N) is 1. The fourth-order valence-corrected chi connectivity index (χ4v) is 4.34.